The van der Waals surface area contributed by atoms with Crippen LogP contribution in [0.1, 0.15) is 40.5 Å². The minimum atomic E-state index is -4.66. The summed E-state index contributed by atoms with van der Waals surface area (Å²) < 4.78 is 19.6. The third-order valence-electron chi connectivity index (χ3n) is 3.08. The molecule has 0 fully saturated rings. The van der Waals surface area contributed by atoms with E-state index in [-0.39, 0.29) is 26.4 Å². The normalized spacial score (nSPS) is 11.4. The monoisotopic (exact) mass is 396 g/mol. The van der Waals surface area contributed by atoms with Gasteiger partial charge in [-0.15, -0.1) is 0 Å². The maximum absolute atomic E-state index is 12.6. The molecular weight excluding hydrogens is 368 g/mol. The summed E-state index contributed by atoms with van der Waals surface area (Å²) in [5, 5.41) is 0. The van der Waals surface area contributed by atoms with E-state index in [9.17, 15) is 19.2 Å². The van der Waals surface area contributed by atoms with Crippen molar-refractivity contribution in [2.45, 2.75) is 40.5 Å². The average molecular weight is 396 g/mol. The molecule has 0 heterocycles. The fourth-order valence-corrected chi connectivity index (χ4v) is 6.28. The van der Waals surface area contributed by atoms with Gasteiger partial charge < -0.3 is 0 Å². The number of Topliss-reactive ketones (excluding diaryl/α,β-unsaturated/α-hetero) is 2. The molecule has 0 aromatic carbocycles. The zero-order chi connectivity index (χ0) is 19.3. The van der Waals surface area contributed by atoms with Crippen LogP contribution in [0.3, 0.4) is 0 Å². The van der Waals surface area contributed by atoms with Crippen LogP contribution >= 0.6 is 0 Å². The molecule has 0 saturated heterocycles. The van der Waals surface area contributed by atoms with Gasteiger partial charge in [0.1, 0.15) is 0 Å². The molecule has 0 aliphatic carbocycles. The van der Waals surface area contributed by atoms with Crippen LogP contribution < -0.4 is 0 Å². The summed E-state index contributed by atoms with van der Waals surface area (Å²) >= 11 is -4.66. The van der Waals surface area contributed by atoms with Crippen LogP contribution in [0.25, 0.3) is 0 Å². The molecule has 0 amide bonds. The molecule has 0 spiro atoms. The van der Waals surface area contributed by atoms with Gasteiger partial charge in [0, 0.05) is 0 Å². The van der Waals surface area contributed by atoms with Crippen molar-refractivity contribution in [1.29, 1.82) is 0 Å². The molecule has 0 radical (unpaired) electrons. The molecule has 0 N–H and O–H groups in total. The van der Waals surface area contributed by atoms with Crippen molar-refractivity contribution in [1.82, 2.24) is 0 Å². The van der Waals surface area contributed by atoms with Crippen LogP contribution in [-0.2, 0) is 52.7 Å². The van der Waals surface area contributed by atoms with Crippen LogP contribution in [0.2, 0.25) is 0 Å². The molecule has 0 unspecified atom stereocenters. The Labute approximate surface area is 152 Å². The van der Waals surface area contributed by atoms with Crippen molar-refractivity contribution in [3.05, 3.63) is 0 Å². The van der Waals surface area contributed by atoms with Crippen molar-refractivity contribution < 1.29 is 52.7 Å². The van der Waals surface area contributed by atoms with Crippen LogP contribution in [0.15, 0.2) is 0 Å². The summed E-state index contributed by atoms with van der Waals surface area (Å²) in [4.78, 5) is 49.0. The van der Waals surface area contributed by atoms with Crippen molar-refractivity contribution in [2.75, 3.05) is 39.6 Å². The van der Waals surface area contributed by atoms with E-state index in [2.05, 4.69) is 0 Å². The summed E-state index contributed by atoms with van der Waals surface area (Å²) in [6, 6.07) is 0. The summed E-state index contributed by atoms with van der Waals surface area (Å²) in [6.45, 7) is 7.13. The van der Waals surface area contributed by atoms with Crippen molar-refractivity contribution in [3.8, 4) is 0 Å². The van der Waals surface area contributed by atoms with E-state index in [0.717, 1.165) is 0 Å². The van der Waals surface area contributed by atoms with E-state index in [4.69, 9.17) is 16.1 Å². The first kappa shape index (κ1) is 24.2. The number of ketones is 2. The molecule has 0 rings (SSSR count). The molecule has 0 aromatic rings. The molecule has 0 saturated carbocycles. The molecule has 0 aliphatic heterocycles. The van der Waals surface area contributed by atoms with Crippen LogP contribution in [0, 0.1) is 0 Å². The van der Waals surface area contributed by atoms with E-state index in [0.29, 0.717) is 13.2 Å². The van der Waals surface area contributed by atoms with Gasteiger partial charge in [0.2, 0.25) is 0 Å². The Hall–Kier alpha value is -0.766. The van der Waals surface area contributed by atoms with Crippen LogP contribution in [0.5, 0.6) is 0 Å². The van der Waals surface area contributed by atoms with E-state index in [1.54, 1.807) is 27.7 Å². The number of hydrogen-bond donors (Lipinski definition) is 0. The molecule has 0 aliphatic rings. The van der Waals surface area contributed by atoms with Crippen molar-refractivity contribution in [3.63, 3.8) is 0 Å². The molecule has 8 nitrogen and oxygen atoms in total. The van der Waals surface area contributed by atoms with Crippen LogP contribution in [0.4, 0.5) is 0 Å². The second-order valence-corrected chi connectivity index (χ2v) is 9.60. The molecule has 0 aromatic heterocycles. The average Bonchev–Trinajstić information content (AvgIpc) is 2.57. The zero-order valence-electron chi connectivity index (χ0n) is 15.4. The Morgan fingerprint density at radius 1 is 0.640 bits per heavy atom. The van der Waals surface area contributed by atoms with Crippen molar-refractivity contribution in [2.24, 2.45) is 0 Å². The standard InChI is InChI=1S/2C6H9O3.2C2H5O.Ti/c2*1-2-9-5-6(8)3-4-7;2*1-2-3;/h2*2-3,5H2,1H3;2*2H2,1H3;/q;;2*-1;+2. The number of ether oxygens (including phenoxy) is 2. The van der Waals surface area contributed by atoms with Gasteiger partial charge in [0.25, 0.3) is 0 Å². The molecular formula is C16H28O8Ti. The topological polar surface area (TPSA) is 105 Å². The van der Waals surface area contributed by atoms with E-state index >= 15 is 0 Å². The van der Waals surface area contributed by atoms with Gasteiger partial charge in [-0.3, -0.25) is 0 Å². The summed E-state index contributed by atoms with van der Waals surface area (Å²) in [5.41, 5.74) is 0. The van der Waals surface area contributed by atoms with Gasteiger partial charge in [-0.05, 0) is 0 Å². The van der Waals surface area contributed by atoms with Gasteiger partial charge in [-0.25, -0.2) is 0 Å². The SMILES string of the molecule is CCOCC(=O)C[C](=O)[Ti]([O]CC)([O]CC)[C](=O)CC(=O)COCC. The quantitative estimate of drug-likeness (QED) is 0.282. The van der Waals surface area contributed by atoms with Gasteiger partial charge in [0.15, 0.2) is 0 Å². The van der Waals surface area contributed by atoms with Gasteiger partial charge >= 0.3 is 153 Å². The minimum absolute atomic E-state index is 0.0801. The Kier molecular flexibility index (Phi) is 13.0. The van der Waals surface area contributed by atoms with Gasteiger partial charge in [-0.2, -0.15) is 0 Å². The zero-order valence-corrected chi connectivity index (χ0v) is 17.0. The van der Waals surface area contributed by atoms with Crippen LogP contribution in [-0.4, -0.2) is 59.4 Å². The van der Waals surface area contributed by atoms with E-state index in [1.165, 1.54) is 0 Å². The van der Waals surface area contributed by atoms with Gasteiger partial charge in [-0.1, -0.05) is 0 Å². The Morgan fingerprint density at radius 2 is 1.00 bits per heavy atom. The van der Waals surface area contributed by atoms with E-state index < -0.39 is 49.9 Å². The second-order valence-electron chi connectivity index (χ2n) is 5.03. The third-order valence-corrected chi connectivity index (χ3v) is 8.10. The first-order valence-corrected chi connectivity index (χ1v) is 11.2. The third kappa shape index (κ3) is 8.44. The molecule has 0 bridgehead atoms. The maximum atomic E-state index is 12.6. The summed E-state index contributed by atoms with van der Waals surface area (Å²) in [6.07, 6.45) is -0.989. The van der Waals surface area contributed by atoms with Gasteiger partial charge in [0.05, 0.1) is 0 Å². The second kappa shape index (κ2) is 13.4. The first-order valence-electron chi connectivity index (χ1n) is 8.41. The summed E-state index contributed by atoms with van der Waals surface area (Å²) in [5.74, 6) is -0.899. The Bertz CT molecular complexity index is 421. The molecule has 0 atom stereocenters. The fraction of sp³-hybridized carbons (Fsp3) is 0.750. The number of carbonyl (C=O) groups is 4. The Morgan fingerprint density at radius 3 is 1.28 bits per heavy atom. The van der Waals surface area contributed by atoms with Crippen molar-refractivity contribution >= 4 is 19.7 Å². The predicted molar refractivity (Wildman–Crippen MR) is 85.5 cm³/mol. The molecule has 9 heteroatoms. The predicted octanol–water partition coefficient (Wildman–Crippen LogP) is 1.09. The molecule has 25 heavy (non-hydrogen) atoms. The van der Waals surface area contributed by atoms with E-state index in [1.807, 2.05) is 0 Å². The molecule has 144 valence electrons. The number of hydrogen-bond acceptors (Lipinski definition) is 8. The fourth-order valence-electron chi connectivity index (χ4n) is 2.05. The first-order chi connectivity index (χ1) is 11.9. The summed E-state index contributed by atoms with van der Waals surface area (Å²) in [7, 11) is 0. The number of rotatable bonds is 16. The Balaban J connectivity index is 5.26. The number of carbonyl (C=O) groups excluding carboxylic acids is 4.